The maximum Gasteiger partial charge on any atom is 0.253 e. The van der Waals surface area contributed by atoms with E-state index in [4.69, 9.17) is 0 Å². The van der Waals surface area contributed by atoms with Crippen molar-refractivity contribution in [2.75, 3.05) is 13.6 Å². The van der Waals surface area contributed by atoms with Gasteiger partial charge in [-0.15, -0.1) is 0 Å². The van der Waals surface area contributed by atoms with Gasteiger partial charge in [-0.25, -0.2) is 4.98 Å². The molecule has 0 aliphatic rings. The summed E-state index contributed by atoms with van der Waals surface area (Å²) in [4.78, 5) is 20.8. The van der Waals surface area contributed by atoms with Gasteiger partial charge in [0.15, 0.2) is 0 Å². The minimum Gasteiger partial charge on any atom is -0.389 e. The molecule has 0 atom stereocenters. The molecule has 0 saturated carbocycles. The van der Waals surface area contributed by atoms with Gasteiger partial charge in [-0.3, -0.25) is 4.79 Å². The van der Waals surface area contributed by atoms with Crippen LogP contribution in [-0.2, 0) is 0 Å². The van der Waals surface area contributed by atoms with E-state index in [9.17, 15) is 9.90 Å². The number of carbonyl (C=O) groups is 1. The molecule has 0 unspecified atom stereocenters. The summed E-state index contributed by atoms with van der Waals surface area (Å²) in [6, 6.07) is 5.31. The Morgan fingerprint density at radius 1 is 1.50 bits per heavy atom. The lowest BCUT2D eigenvalue weighted by molar-refractivity contribution is 0.0368. The van der Waals surface area contributed by atoms with Gasteiger partial charge in [-0.2, -0.15) is 0 Å². The Bertz CT molecular complexity index is 569. The van der Waals surface area contributed by atoms with Crippen molar-refractivity contribution in [2.24, 2.45) is 0 Å². The van der Waals surface area contributed by atoms with Gasteiger partial charge in [-0.05, 0) is 32.0 Å². The van der Waals surface area contributed by atoms with Gasteiger partial charge in [0.1, 0.15) is 0 Å². The van der Waals surface area contributed by atoms with Crippen LogP contribution in [0.2, 0.25) is 0 Å². The minimum atomic E-state index is -0.900. The maximum atomic E-state index is 12.2. The number of amides is 1. The second-order valence-electron chi connectivity index (χ2n) is 5.11. The van der Waals surface area contributed by atoms with E-state index in [1.807, 2.05) is 0 Å². The molecule has 0 saturated heterocycles. The van der Waals surface area contributed by atoms with Crippen LogP contribution < -0.4 is 0 Å². The van der Waals surface area contributed by atoms with Gasteiger partial charge < -0.3 is 15.0 Å². The molecule has 1 aromatic carbocycles. The topological polar surface area (TPSA) is 69.2 Å². The summed E-state index contributed by atoms with van der Waals surface area (Å²) in [5.41, 5.74) is 1.34. The molecule has 2 N–H and O–H groups in total. The van der Waals surface area contributed by atoms with Crippen LogP contribution in [0, 0.1) is 0 Å². The molecule has 1 heterocycles. The number of H-pyrrole nitrogens is 1. The number of aliphatic hydroxyl groups is 1. The Balaban J connectivity index is 2.22. The third-order valence-corrected chi connectivity index (χ3v) is 2.64. The predicted molar refractivity (Wildman–Crippen MR) is 69.4 cm³/mol. The van der Waals surface area contributed by atoms with Crippen LogP contribution in [0.4, 0.5) is 0 Å². The largest absolute Gasteiger partial charge is 0.389 e. The third-order valence-electron chi connectivity index (χ3n) is 2.64. The number of hydrogen-bond donors (Lipinski definition) is 2. The highest BCUT2D eigenvalue weighted by Gasteiger charge is 2.20. The summed E-state index contributed by atoms with van der Waals surface area (Å²) in [6.07, 6.45) is 1.60. The fourth-order valence-electron chi connectivity index (χ4n) is 1.94. The highest BCUT2D eigenvalue weighted by atomic mass is 16.3. The van der Waals surface area contributed by atoms with Gasteiger partial charge in [0.25, 0.3) is 5.91 Å². The monoisotopic (exact) mass is 247 g/mol. The van der Waals surface area contributed by atoms with Gasteiger partial charge >= 0.3 is 0 Å². The first kappa shape index (κ1) is 12.6. The number of imidazole rings is 1. The summed E-state index contributed by atoms with van der Waals surface area (Å²) in [7, 11) is 1.68. The second-order valence-corrected chi connectivity index (χ2v) is 5.11. The van der Waals surface area contributed by atoms with Crippen LogP contribution in [0.15, 0.2) is 24.5 Å². The number of benzene rings is 1. The number of carbonyl (C=O) groups excluding carboxylic acids is 1. The molecule has 1 amide bonds. The fraction of sp³-hybridized carbons (Fsp3) is 0.385. The lowest BCUT2D eigenvalue weighted by atomic mass is 10.1. The van der Waals surface area contributed by atoms with E-state index >= 15 is 0 Å². The van der Waals surface area contributed by atoms with Gasteiger partial charge in [0.2, 0.25) is 0 Å². The van der Waals surface area contributed by atoms with Crippen molar-refractivity contribution in [2.45, 2.75) is 19.4 Å². The standard InChI is InChI=1S/C13H17N3O2/c1-13(2,18)7-16(3)12(17)9-4-5-10-11(6-9)15-8-14-10/h4-6,8,18H,7H2,1-3H3,(H,14,15). The number of hydrogen-bond acceptors (Lipinski definition) is 3. The number of likely N-dealkylation sites (N-methyl/N-ethyl adjacent to an activating group) is 1. The molecule has 0 bridgehead atoms. The molecular formula is C13H17N3O2. The van der Waals surface area contributed by atoms with Crippen LogP contribution in [0.3, 0.4) is 0 Å². The van der Waals surface area contributed by atoms with Crippen LogP contribution >= 0.6 is 0 Å². The average molecular weight is 247 g/mol. The zero-order valence-electron chi connectivity index (χ0n) is 10.8. The number of nitrogens with one attached hydrogen (secondary N) is 1. The molecule has 5 nitrogen and oxygen atoms in total. The fourth-order valence-corrected chi connectivity index (χ4v) is 1.94. The molecule has 0 aliphatic heterocycles. The summed E-state index contributed by atoms with van der Waals surface area (Å²) in [6.45, 7) is 3.64. The summed E-state index contributed by atoms with van der Waals surface area (Å²) < 4.78 is 0. The molecule has 5 heteroatoms. The van der Waals surface area contributed by atoms with E-state index in [1.54, 1.807) is 45.4 Å². The lowest BCUT2D eigenvalue weighted by Gasteiger charge is -2.25. The Morgan fingerprint density at radius 3 is 2.89 bits per heavy atom. The molecule has 18 heavy (non-hydrogen) atoms. The highest BCUT2D eigenvalue weighted by Crippen LogP contribution is 2.14. The molecular weight excluding hydrogens is 230 g/mol. The number of fused-ring (bicyclic) bond motifs is 1. The van der Waals surface area contributed by atoms with E-state index in [-0.39, 0.29) is 12.5 Å². The normalized spacial score (nSPS) is 11.8. The third kappa shape index (κ3) is 2.68. The first-order valence-corrected chi connectivity index (χ1v) is 5.78. The van der Waals surface area contributed by atoms with Crippen LogP contribution in [0.25, 0.3) is 11.0 Å². The SMILES string of the molecule is CN(CC(C)(C)O)C(=O)c1ccc2nc[nH]c2c1. The van der Waals surface area contributed by atoms with E-state index in [0.717, 1.165) is 11.0 Å². The smallest absolute Gasteiger partial charge is 0.253 e. The molecule has 0 fully saturated rings. The molecule has 2 rings (SSSR count). The molecule has 0 radical (unpaired) electrons. The van der Waals surface area contributed by atoms with Crippen LogP contribution in [0.1, 0.15) is 24.2 Å². The quantitative estimate of drug-likeness (QED) is 0.861. The molecule has 1 aromatic heterocycles. The highest BCUT2D eigenvalue weighted by molar-refractivity contribution is 5.97. The van der Waals surface area contributed by atoms with Crippen molar-refractivity contribution >= 4 is 16.9 Å². The zero-order chi connectivity index (χ0) is 13.3. The summed E-state index contributed by atoms with van der Waals surface area (Å²) in [5.74, 6) is -0.117. The van der Waals surface area contributed by atoms with Crippen molar-refractivity contribution in [1.82, 2.24) is 14.9 Å². The number of aromatic amines is 1. The summed E-state index contributed by atoms with van der Waals surface area (Å²) in [5, 5.41) is 9.71. The number of aromatic nitrogens is 2. The van der Waals surface area contributed by atoms with Crippen molar-refractivity contribution in [3.05, 3.63) is 30.1 Å². The summed E-state index contributed by atoms with van der Waals surface area (Å²) >= 11 is 0. The van der Waals surface area contributed by atoms with E-state index < -0.39 is 5.60 Å². The van der Waals surface area contributed by atoms with Gasteiger partial charge in [0.05, 0.1) is 23.0 Å². The molecule has 2 aromatic rings. The minimum absolute atomic E-state index is 0.117. The van der Waals surface area contributed by atoms with Crippen molar-refractivity contribution in [3.63, 3.8) is 0 Å². The van der Waals surface area contributed by atoms with E-state index in [2.05, 4.69) is 9.97 Å². The predicted octanol–water partition coefficient (Wildman–Crippen LogP) is 1.41. The first-order valence-electron chi connectivity index (χ1n) is 5.78. The maximum absolute atomic E-state index is 12.2. The van der Waals surface area contributed by atoms with Crippen LogP contribution in [0.5, 0.6) is 0 Å². The van der Waals surface area contributed by atoms with Crippen molar-refractivity contribution in [3.8, 4) is 0 Å². The van der Waals surface area contributed by atoms with Crippen molar-refractivity contribution < 1.29 is 9.90 Å². The molecule has 96 valence electrons. The van der Waals surface area contributed by atoms with E-state index in [0.29, 0.717) is 5.56 Å². The lowest BCUT2D eigenvalue weighted by Crippen LogP contribution is -2.39. The Labute approximate surface area is 105 Å². The molecule has 0 spiro atoms. The average Bonchev–Trinajstić information content (AvgIpc) is 2.72. The molecule has 0 aliphatic carbocycles. The first-order chi connectivity index (χ1) is 8.37. The van der Waals surface area contributed by atoms with Crippen molar-refractivity contribution in [1.29, 1.82) is 0 Å². The van der Waals surface area contributed by atoms with Gasteiger partial charge in [0, 0.05) is 19.2 Å². The number of nitrogens with zero attached hydrogens (tertiary/aromatic N) is 2. The Morgan fingerprint density at radius 2 is 2.22 bits per heavy atom. The Kier molecular flexibility index (Phi) is 3.09. The van der Waals surface area contributed by atoms with E-state index in [1.165, 1.54) is 4.90 Å². The number of rotatable bonds is 3. The zero-order valence-corrected chi connectivity index (χ0v) is 10.8. The second kappa shape index (κ2) is 4.42. The van der Waals surface area contributed by atoms with Crippen LogP contribution in [-0.4, -0.2) is 45.1 Å². The van der Waals surface area contributed by atoms with Gasteiger partial charge in [-0.1, -0.05) is 0 Å². The Hall–Kier alpha value is -1.88.